The number of nitrogens with zero attached hydrogens (tertiary/aromatic N) is 3. The Morgan fingerprint density at radius 3 is 2.52 bits per heavy atom. The van der Waals surface area contributed by atoms with Gasteiger partial charge in [-0.25, -0.2) is 9.50 Å². The Morgan fingerprint density at radius 2 is 1.95 bits per heavy atom. The maximum Gasteiger partial charge on any atom is 0.192 e. The molecule has 6 heteroatoms. The van der Waals surface area contributed by atoms with Gasteiger partial charge in [0.2, 0.25) is 0 Å². The SMILES string of the molecule is C[C@@H](N)[C@H](O[Si](C)(C)C(C)(C)C)c1ccc2ncnn2c1. The van der Waals surface area contributed by atoms with Gasteiger partial charge in [-0.3, -0.25) is 0 Å². The summed E-state index contributed by atoms with van der Waals surface area (Å²) in [5.41, 5.74) is 8.07. The minimum absolute atomic E-state index is 0.0832. The predicted octanol–water partition coefficient (Wildman–Crippen LogP) is 3.14. The third kappa shape index (κ3) is 3.33. The topological polar surface area (TPSA) is 65.4 Å². The first-order chi connectivity index (χ1) is 9.62. The third-order valence-corrected chi connectivity index (χ3v) is 8.79. The summed E-state index contributed by atoms with van der Waals surface area (Å²) in [6, 6.07) is 3.90. The molecule has 0 radical (unpaired) electrons. The number of rotatable bonds is 4. The standard InChI is InChI=1S/C15H26N4OSi/c1-11(16)14(20-21(5,6)15(2,3)4)12-7-8-13-17-10-18-19(13)9-12/h7-11,14H,16H2,1-6H3/t11-,14+/m1/s1. The molecule has 0 aliphatic rings. The third-order valence-electron chi connectivity index (χ3n) is 4.33. The summed E-state index contributed by atoms with van der Waals surface area (Å²) < 4.78 is 8.29. The van der Waals surface area contributed by atoms with E-state index in [1.165, 1.54) is 0 Å². The van der Waals surface area contributed by atoms with Crippen LogP contribution in [-0.4, -0.2) is 29.0 Å². The van der Waals surface area contributed by atoms with Crippen molar-refractivity contribution in [1.82, 2.24) is 14.6 Å². The number of fused-ring (bicyclic) bond motifs is 1. The van der Waals surface area contributed by atoms with Crippen LogP contribution in [0.5, 0.6) is 0 Å². The van der Waals surface area contributed by atoms with E-state index in [4.69, 9.17) is 10.2 Å². The van der Waals surface area contributed by atoms with Gasteiger partial charge in [-0.05, 0) is 36.7 Å². The van der Waals surface area contributed by atoms with Gasteiger partial charge in [0.25, 0.3) is 0 Å². The molecule has 2 heterocycles. The summed E-state index contributed by atoms with van der Waals surface area (Å²) in [7, 11) is -1.89. The first-order valence-corrected chi connectivity index (χ1v) is 10.3. The van der Waals surface area contributed by atoms with Crippen LogP contribution in [0.4, 0.5) is 0 Å². The second kappa shape index (κ2) is 5.51. The van der Waals surface area contributed by atoms with Crippen molar-refractivity contribution in [2.75, 3.05) is 0 Å². The van der Waals surface area contributed by atoms with Gasteiger partial charge in [0, 0.05) is 12.2 Å². The second-order valence-corrected chi connectivity index (χ2v) is 11.9. The van der Waals surface area contributed by atoms with Crippen molar-refractivity contribution in [3.63, 3.8) is 0 Å². The van der Waals surface area contributed by atoms with Gasteiger partial charge in [0.1, 0.15) is 6.33 Å². The summed E-state index contributed by atoms with van der Waals surface area (Å²) in [5, 5.41) is 4.34. The van der Waals surface area contributed by atoms with Crippen molar-refractivity contribution < 1.29 is 4.43 Å². The van der Waals surface area contributed by atoms with Crippen LogP contribution in [0.25, 0.3) is 5.65 Å². The molecule has 2 atom stereocenters. The van der Waals surface area contributed by atoms with Crippen molar-refractivity contribution in [3.8, 4) is 0 Å². The molecule has 2 aromatic rings. The van der Waals surface area contributed by atoms with E-state index in [2.05, 4.69) is 43.9 Å². The second-order valence-electron chi connectivity index (χ2n) is 7.18. The van der Waals surface area contributed by atoms with E-state index < -0.39 is 8.32 Å². The van der Waals surface area contributed by atoms with Crippen LogP contribution in [0, 0.1) is 0 Å². The van der Waals surface area contributed by atoms with E-state index in [9.17, 15) is 0 Å². The van der Waals surface area contributed by atoms with E-state index >= 15 is 0 Å². The Balaban J connectivity index is 2.35. The van der Waals surface area contributed by atoms with Gasteiger partial charge in [0.15, 0.2) is 14.0 Å². The highest BCUT2D eigenvalue weighted by Crippen LogP contribution is 2.40. The highest BCUT2D eigenvalue weighted by Gasteiger charge is 2.40. The van der Waals surface area contributed by atoms with Crippen LogP contribution in [0.3, 0.4) is 0 Å². The molecule has 0 bridgehead atoms. The average molecular weight is 306 g/mol. The van der Waals surface area contributed by atoms with Gasteiger partial charge in [-0.2, -0.15) is 5.10 Å². The summed E-state index contributed by atoms with van der Waals surface area (Å²) in [5.74, 6) is 0. The lowest BCUT2D eigenvalue weighted by molar-refractivity contribution is 0.160. The maximum atomic E-state index is 6.53. The fourth-order valence-corrected chi connectivity index (χ4v) is 3.31. The lowest BCUT2D eigenvalue weighted by Gasteiger charge is -2.40. The molecule has 0 unspecified atom stereocenters. The maximum absolute atomic E-state index is 6.53. The van der Waals surface area contributed by atoms with Crippen LogP contribution in [0.2, 0.25) is 18.1 Å². The number of nitrogens with two attached hydrogens (primary N) is 1. The number of hydrogen-bond donors (Lipinski definition) is 1. The highest BCUT2D eigenvalue weighted by atomic mass is 28.4. The zero-order chi connectivity index (χ0) is 15.8. The van der Waals surface area contributed by atoms with Crippen LogP contribution in [0.15, 0.2) is 24.7 Å². The fourth-order valence-electron chi connectivity index (χ4n) is 1.97. The zero-order valence-electron chi connectivity index (χ0n) is 13.8. The average Bonchev–Trinajstić information content (AvgIpc) is 2.81. The molecule has 2 N–H and O–H groups in total. The molecule has 2 aromatic heterocycles. The fraction of sp³-hybridized carbons (Fsp3) is 0.600. The van der Waals surface area contributed by atoms with Crippen molar-refractivity contribution >= 4 is 14.0 Å². The molecule has 0 amide bonds. The van der Waals surface area contributed by atoms with E-state index in [0.717, 1.165) is 11.2 Å². The summed E-state index contributed by atoms with van der Waals surface area (Å²) >= 11 is 0. The zero-order valence-corrected chi connectivity index (χ0v) is 14.8. The Bertz CT molecular complexity index is 615. The molecule has 116 valence electrons. The van der Waals surface area contributed by atoms with Crippen LogP contribution < -0.4 is 5.73 Å². The first kappa shape index (κ1) is 16.1. The molecule has 0 aromatic carbocycles. The Morgan fingerprint density at radius 1 is 1.29 bits per heavy atom. The van der Waals surface area contributed by atoms with Gasteiger partial charge in [-0.1, -0.05) is 26.8 Å². The van der Waals surface area contributed by atoms with Crippen molar-refractivity contribution in [2.24, 2.45) is 5.73 Å². The molecule has 0 aliphatic heterocycles. The Hall–Kier alpha value is -1.24. The van der Waals surface area contributed by atoms with Crippen LogP contribution >= 0.6 is 0 Å². The Labute approximate surface area is 127 Å². The van der Waals surface area contributed by atoms with E-state index in [0.29, 0.717) is 0 Å². The summed E-state index contributed by atoms with van der Waals surface area (Å²) in [6.45, 7) is 13.2. The lowest BCUT2D eigenvalue weighted by atomic mass is 10.1. The summed E-state index contributed by atoms with van der Waals surface area (Å²) in [4.78, 5) is 4.17. The van der Waals surface area contributed by atoms with Crippen LogP contribution in [0.1, 0.15) is 39.4 Å². The minimum Gasteiger partial charge on any atom is -0.408 e. The molecule has 0 fully saturated rings. The number of hydrogen-bond acceptors (Lipinski definition) is 4. The lowest BCUT2D eigenvalue weighted by Crippen LogP contribution is -2.45. The minimum atomic E-state index is -1.89. The molecule has 21 heavy (non-hydrogen) atoms. The molecule has 5 nitrogen and oxygen atoms in total. The van der Waals surface area contributed by atoms with Crippen LogP contribution in [-0.2, 0) is 4.43 Å². The van der Waals surface area contributed by atoms with E-state index in [1.807, 2.05) is 25.3 Å². The molecule has 0 saturated heterocycles. The van der Waals surface area contributed by atoms with E-state index in [1.54, 1.807) is 10.8 Å². The normalized spacial score (nSPS) is 16.1. The summed E-state index contributed by atoms with van der Waals surface area (Å²) in [6.07, 6.45) is 3.39. The van der Waals surface area contributed by atoms with Gasteiger partial charge < -0.3 is 10.2 Å². The molecule has 0 saturated carbocycles. The largest absolute Gasteiger partial charge is 0.408 e. The highest BCUT2D eigenvalue weighted by molar-refractivity contribution is 6.74. The molecule has 0 aliphatic carbocycles. The van der Waals surface area contributed by atoms with Gasteiger partial charge >= 0.3 is 0 Å². The van der Waals surface area contributed by atoms with Crippen molar-refractivity contribution in [2.45, 2.75) is 58.0 Å². The van der Waals surface area contributed by atoms with Crippen molar-refractivity contribution in [3.05, 3.63) is 30.2 Å². The quantitative estimate of drug-likeness (QED) is 0.881. The molecule has 0 spiro atoms. The monoisotopic (exact) mass is 306 g/mol. The molecule has 2 rings (SSSR count). The number of pyridine rings is 1. The van der Waals surface area contributed by atoms with Gasteiger partial charge in [-0.15, -0.1) is 0 Å². The smallest absolute Gasteiger partial charge is 0.192 e. The first-order valence-electron chi connectivity index (χ1n) is 7.34. The van der Waals surface area contributed by atoms with Gasteiger partial charge in [0.05, 0.1) is 6.10 Å². The predicted molar refractivity (Wildman–Crippen MR) is 87.7 cm³/mol. The molecular formula is C15H26N4OSi. The number of aromatic nitrogens is 3. The van der Waals surface area contributed by atoms with Crippen molar-refractivity contribution in [1.29, 1.82) is 0 Å². The molecular weight excluding hydrogens is 280 g/mol. The van der Waals surface area contributed by atoms with E-state index in [-0.39, 0.29) is 17.2 Å². The Kier molecular flexibility index (Phi) is 4.23.